The second-order valence-corrected chi connectivity index (χ2v) is 5.40. The minimum Gasteiger partial charge on any atom is -0.465 e. The highest BCUT2D eigenvalue weighted by molar-refractivity contribution is 5.13. The van der Waals surface area contributed by atoms with Crippen LogP contribution >= 0.6 is 0 Å². The van der Waals surface area contributed by atoms with Crippen LogP contribution in [0.1, 0.15) is 36.5 Å². The smallest absolute Gasteiger partial charge is 0.122 e. The van der Waals surface area contributed by atoms with Crippen LogP contribution in [0.5, 0.6) is 0 Å². The first-order valence-corrected chi connectivity index (χ1v) is 7.01. The molecule has 5 heteroatoms. The fourth-order valence-corrected chi connectivity index (χ4v) is 2.53. The minimum atomic E-state index is 0.0437. The highest BCUT2D eigenvalue weighted by Crippen LogP contribution is 2.27. The van der Waals surface area contributed by atoms with Crippen molar-refractivity contribution in [2.24, 2.45) is 12.8 Å². The van der Waals surface area contributed by atoms with E-state index in [9.17, 15) is 0 Å². The van der Waals surface area contributed by atoms with Crippen molar-refractivity contribution in [3.63, 3.8) is 0 Å². The molecule has 0 saturated heterocycles. The Balaban J connectivity index is 2.17. The summed E-state index contributed by atoms with van der Waals surface area (Å²) in [5.74, 6) is 1.85. The average molecular weight is 276 g/mol. The van der Waals surface area contributed by atoms with Gasteiger partial charge in [0.1, 0.15) is 11.5 Å². The lowest BCUT2D eigenvalue weighted by Crippen LogP contribution is -2.38. The van der Waals surface area contributed by atoms with Gasteiger partial charge in [0, 0.05) is 31.4 Å². The van der Waals surface area contributed by atoms with Gasteiger partial charge in [-0.25, -0.2) is 0 Å². The number of rotatable bonds is 6. The molecule has 0 aromatic carbocycles. The van der Waals surface area contributed by atoms with Crippen LogP contribution in [0.25, 0.3) is 0 Å². The predicted molar refractivity (Wildman–Crippen MR) is 79.1 cm³/mol. The molecule has 5 nitrogen and oxygen atoms in total. The molecule has 110 valence electrons. The van der Waals surface area contributed by atoms with Gasteiger partial charge in [0.05, 0.1) is 12.2 Å². The highest BCUT2D eigenvalue weighted by Gasteiger charge is 2.26. The van der Waals surface area contributed by atoms with Gasteiger partial charge < -0.3 is 10.2 Å². The molecule has 0 saturated carbocycles. The molecule has 2 rings (SSSR count). The third-order valence-electron chi connectivity index (χ3n) is 3.59. The van der Waals surface area contributed by atoms with Crippen molar-refractivity contribution >= 4 is 0 Å². The maximum Gasteiger partial charge on any atom is 0.122 e. The van der Waals surface area contributed by atoms with E-state index in [-0.39, 0.29) is 12.1 Å². The van der Waals surface area contributed by atoms with Gasteiger partial charge in [-0.05, 0) is 32.5 Å². The van der Waals surface area contributed by atoms with Crippen LogP contribution < -0.4 is 5.73 Å². The first kappa shape index (κ1) is 14.8. The Labute approximate surface area is 120 Å². The zero-order chi connectivity index (χ0) is 14.7. The predicted octanol–water partition coefficient (Wildman–Crippen LogP) is 2.23. The highest BCUT2D eigenvalue weighted by atomic mass is 16.3. The van der Waals surface area contributed by atoms with Crippen molar-refractivity contribution in [3.05, 3.63) is 41.6 Å². The van der Waals surface area contributed by atoms with Gasteiger partial charge in [-0.1, -0.05) is 6.92 Å². The summed E-state index contributed by atoms with van der Waals surface area (Å²) in [5.41, 5.74) is 7.47. The van der Waals surface area contributed by atoms with Crippen molar-refractivity contribution in [2.45, 2.75) is 38.9 Å². The van der Waals surface area contributed by atoms with Crippen LogP contribution in [0.4, 0.5) is 0 Å². The quantitative estimate of drug-likeness (QED) is 0.879. The molecule has 2 aromatic rings. The summed E-state index contributed by atoms with van der Waals surface area (Å²) in [7, 11) is 4.00. The van der Waals surface area contributed by atoms with E-state index in [1.54, 1.807) is 0 Å². The molecule has 0 aliphatic carbocycles. The standard InChI is InChI=1S/C15H24N4O/c1-5-13(16)15(14-7-6-11(2)20-14)18(3)9-12-8-17-19(4)10-12/h6-8,10,13,15H,5,9,16H2,1-4H3. The van der Waals surface area contributed by atoms with Gasteiger partial charge >= 0.3 is 0 Å². The molecule has 0 spiro atoms. The molecule has 0 radical (unpaired) electrons. The van der Waals surface area contributed by atoms with Gasteiger partial charge in [0.25, 0.3) is 0 Å². The molecule has 0 amide bonds. The molecule has 2 aromatic heterocycles. The Kier molecular flexibility index (Phi) is 4.62. The van der Waals surface area contributed by atoms with Crippen molar-refractivity contribution in [2.75, 3.05) is 7.05 Å². The second-order valence-electron chi connectivity index (χ2n) is 5.40. The topological polar surface area (TPSA) is 60.2 Å². The third-order valence-corrected chi connectivity index (χ3v) is 3.59. The van der Waals surface area contributed by atoms with Crippen LogP contribution in [0.2, 0.25) is 0 Å². The molecule has 0 bridgehead atoms. The maximum atomic E-state index is 6.30. The summed E-state index contributed by atoms with van der Waals surface area (Å²) < 4.78 is 7.60. The van der Waals surface area contributed by atoms with E-state index in [2.05, 4.69) is 24.0 Å². The van der Waals surface area contributed by atoms with Crippen LogP contribution in [0.15, 0.2) is 28.9 Å². The van der Waals surface area contributed by atoms with E-state index in [1.165, 1.54) is 5.56 Å². The number of aromatic nitrogens is 2. The van der Waals surface area contributed by atoms with Gasteiger partial charge in [-0.3, -0.25) is 9.58 Å². The first-order chi connectivity index (χ1) is 9.51. The number of furan rings is 1. The summed E-state index contributed by atoms with van der Waals surface area (Å²) in [6.45, 7) is 4.86. The number of hydrogen-bond donors (Lipinski definition) is 1. The Bertz CT molecular complexity index is 546. The molecule has 0 fully saturated rings. The number of nitrogens with zero attached hydrogens (tertiary/aromatic N) is 3. The summed E-state index contributed by atoms with van der Waals surface area (Å²) >= 11 is 0. The SMILES string of the molecule is CCC(N)C(c1ccc(C)o1)N(C)Cc1cnn(C)c1. The second kappa shape index (κ2) is 6.24. The van der Waals surface area contributed by atoms with Crippen LogP contribution in [-0.4, -0.2) is 27.8 Å². The number of aryl methyl sites for hydroxylation is 2. The van der Waals surface area contributed by atoms with Crippen LogP contribution in [0, 0.1) is 6.92 Å². The van der Waals surface area contributed by atoms with E-state index in [4.69, 9.17) is 10.2 Å². The van der Waals surface area contributed by atoms with Gasteiger partial charge in [0.15, 0.2) is 0 Å². The molecular weight excluding hydrogens is 252 g/mol. The largest absolute Gasteiger partial charge is 0.465 e. The number of nitrogens with two attached hydrogens (primary N) is 1. The van der Waals surface area contributed by atoms with Crippen LogP contribution in [-0.2, 0) is 13.6 Å². The van der Waals surface area contributed by atoms with Gasteiger partial charge in [-0.2, -0.15) is 5.10 Å². The zero-order valence-corrected chi connectivity index (χ0v) is 12.7. The number of hydrogen-bond acceptors (Lipinski definition) is 4. The van der Waals surface area contributed by atoms with E-state index in [0.717, 1.165) is 24.5 Å². The first-order valence-electron chi connectivity index (χ1n) is 7.01. The monoisotopic (exact) mass is 276 g/mol. The molecule has 2 heterocycles. The average Bonchev–Trinajstić information content (AvgIpc) is 2.99. The molecule has 2 N–H and O–H groups in total. The van der Waals surface area contributed by atoms with Crippen LogP contribution in [0.3, 0.4) is 0 Å². The molecule has 0 aliphatic heterocycles. The molecule has 2 atom stereocenters. The normalized spacial score (nSPS) is 14.7. The Morgan fingerprint density at radius 2 is 2.20 bits per heavy atom. The Morgan fingerprint density at radius 3 is 2.70 bits per heavy atom. The lowest BCUT2D eigenvalue weighted by Gasteiger charge is -2.30. The zero-order valence-electron chi connectivity index (χ0n) is 12.7. The van der Waals surface area contributed by atoms with E-state index in [1.807, 2.05) is 43.2 Å². The maximum absolute atomic E-state index is 6.30. The Hall–Kier alpha value is -1.59. The summed E-state index contributed by atoms with van der Waals surface area (Å²) in [6, 6.07) is 4.13. The third kappa shape index (κ3) is 3.29. The fourth-order valence-electron chi connectivity index (χ4n) is 2.53. The van der Waals surface area contributed by atoms with Crippen molar-refractivity contribution in [3.8, 4) is 0 Å². The fraction of sp³-hybridized carbons (Fsp3) is 0.533. The minimum absolute atomic E-state index is 0.0437. The summed E-state index contributed by atoms with van der Waals surface area (Å²) in [4.78, 5) is 2.23. The van der Waals surface area contributed by atoms with Crippen molar-refractivity contribution < 1.29 is 4.42 Å². The lowest BCUT2D eigenvalue weighted by molar-refractivity contribution is 0.174. The van der Waals surface area contributed by atoms with Gasteiger partial charge in [0.2, 0.25) is 0 Å². The van der Waals surface area contributed by atoms with Crippen molar-refractivity contribution in [1.82, 2.24) is 14.7 Å². The molecule has 2 unspecified atom stereocenters. The van der Waals surface area contributed by atoms with E-state index >= 15 is 0 Å². The van der Waals surface area contributed by atoms with Crippen molar-refractivity contribution in [1.29, 1.82) is 0 Å². The number of likely N-dealkylation sites (N-methyl/N-ethyl adjacent to an activating group) is 1. The molecule has 20 heavy (non-hydrogen) atoms. The van der Waals surface area contributed by atoms with E-state index < -0.39 is 0 Å². The van der Waals surface area contributed by atoms with E-state index in [0.29, 0.717) is 0 Å². The molecule has 0 aliphatic rings. The molecular formula is C15H24N4O. The Morgan fingerprint density at radius 1 is 1.45 bits per heavy atom. The van der Waals surface area contributed by atoms with Gasteiger partial charge in [-0.15, -0.1) is 0 Å². The summed E-state index contributed by atoms with van der Waals surface area (Å²) in [6.07, 6.45) is 4.82. The lowest BCUT2D eigenvalue weighted by atomic mass is 10.0. The summed E-state index contributed by atoms with van der Waals surface area (Å²) in [5, 5.41) is 4.21.